The largest absolute Gasteiger partial charge is 0.491 e. The summed E-state index contributed by atoms with van der Waals surface area (Å²) in [7, 11) is 1.65. The highest BCUT2D eigenvalue weighted by molar-refractivity contribution is 5.92. The predicted molar refractivity (Wildman–Crippen MR) is 110 cm³/mol. The zero-order valence-electron chi connectivity index (χ0n) is 17.8. The first kappa shape index (κ1) is 23.4. The third-order valence-corrected chi connectivity index (χ3v) is 4.80. The fourth-order valence-electron chi connectivity index (χ4n) is 2.87. The molecule has 0 unspecified atom stereocenters. The number of ether oxygens (including phenoxy) is 3. The Morgan fingerprint density at radius 2 is 1.59 bits per heavy atom. The Morgan fingerprint density at radius 3 is 2.15 bits per heavy atom. The van der Waals surface area contributed by atoms with Gasteiger partial charge >= 0.3 is 0 Å². The van der Waals surface area contributed by atoms with Gasteiger partial charge in [-0.2, -0.15) is 0 Å². The van der Waals surface area contributed by atoms with Crippen molar-refractivity contribution in [2.24, 2.45) is 23.7 Å². The Balaban J connectivity index is 2.53. The quantitative estimate of drug-likeness (QED) is 0.508. The van der Waals surface area contributed by atoms with E-state index in [2.05, 4.69) is 39.9 Å². The Hall–Kier alpha value is -1.59. The highest BCUT2D eigenvalue weighted by Crippen LogP contribution is 2.28. The molecule has 1 N–H and O–H groups in total. The molecule has 2 atom stereocenters. The molecule has 1 aromatic rings. The van der Waals surface area contributed by atoms with Gasteiger partial charge in [0.25, 0.3) is 0 Å². The van der Waals surface area contributed by atoms with E-state index in [1.54, 1.807) is 7.11 Å². The fraction of sp³-hybridized carbons (Fsp3) is 0.682. The highest BCUT2D eigenvalue weighted by Gasteiger charge is 2.27. The standard InChI is InChI=1S/C22H37NO4/c1-16(2)15-21(18(5)17(3)4)22(24)23-19-7-9-20(10-8-19)27-14-13-26-12-11-25-6/h7-10,16-18,21H,11-15H2,1-6H3,(H,23,24)/t18-,21+/m0/s1. The van der Waals surface area contributed by atoms with Crippen molar-refractivity contribution < 1.29 is 19.0 Å². The number of hydrogen-bond acceptors (Lipinski definition) is 4. The topological polar surface area (TPSA) is 56.8 Å². The van der Waals surface area contributed by atoms with Crippen LogP contribution < -0.4 is 10.1 Å². The summed E-state index contributed by atoms with van der Waals surface area (Å²) in [6.45, 7) is 13.0. The predicted octanol–water partition coefficient (Wildman–Crippen LogP) is 4.62. The molecular weight excluding hydrogens is 342 g/mol. The number of methoxy groups -OCH3 is 1. The van der Waals surface area contributed by atoms with Crippen molar-refractivity contribution >= 4 is 11.6 Å². The number of benzene rings is 1. The molecule has 5 heteroatoms. The Labute approximate surface area is 164 Å². The van der Waals surface area contributed by atoms with Gasteiger partial charge in [0.15, 0.2) is 0 Å². The number of carbonyl (C=O) groups excluding carboxylic acids is 1. The molecule has 1 rings (SSSR count). The summed E-state index contributed by atoms with van der Waals surface area (Å²) < 4.78 is 15.9. The SMILES string of the molecule is COCCOCCOc1ccc(NC(=O)[C@H](CC(C)C)[C@@H](C)C(C)C)cc1. The lowest BCUT2D eigenvalue weighted by molar-refractivity contribution is -0.122. The summed E-state index contributed by atoms with van der Waals surface area (Å²) in [4.78, 5) is 12.8. The number of nitrogens with one attached hydrogen (secondary N) is 1. The van der Waals surface area contributed by atoms with Gasteiger partial charge in [-0.3, -0.25) is 4.79 Å². The number of anilines is 1. The average Bonchev–Trinajstić information content (AvgIpc) is 2.63. The van der Waals surface area contributed by atoms with Gasteiger partial charge in [-0.15, -0.1) is 0 Å². The molecule has 0 fully saturated rings. The first-order valence-electron chi connectivity index (χ1n) is 9.95. The van der Waals surface area contributed by atoms with Gasteiger partial charge in [-0.25, -0.2) is 0 Å². The van der Waals surface area contributed by atoms with Crippen molar-refractivity contribution in [1.29, 1.82) is 0 Å². The first-order valence-corrected chi connectivity index (χ1v) is 9.95. The molecule has 0 saturated carbocycles. The number of carbonyl (C=O) groups is 1. The molecule has 0 aliphatic rings. The summed E-state index contributed by atoms with van der Waals surface area (Å²) in [5.41, 5.74) is 0.799. The molecule has 0 aromatic heterocycles. The van der Waals surface area contributed by atoms with E-state index in [1.807, 2.05) is 24.3 Å². The molecule has 1 aromatic carbocycles. The zero-order chi connectivity index (χ0) is 20.2. The maximum Gasteiger partial charge on any atom is 0.227 e. The maximum absolute atomic E-state index is 12.8. The zero-order valence-corrected chi connectivity index (χ0v) is 17.8. The van der Waals surface area contributed by atoms with Crippen LogP contribution in [0.2, 0.25) is 0 Å². The molecule has 5 nitrogen and oxygen atoms in total. The molecule has 0 radical (unpaired) electrons. The minimum absolute atomic E-state index is 0.0187. The van der Waals surface area contributed by atoms with Crippen LogP contribution in [0.15, 0.2) is 24.3 Å². The van der Waals surface area contributed by atoms with Crippen molar-refractivity contribution in [3.8, 4) is 5.75 Å². The smallest absolute Gasteiger partial charge is 0.227 e. The molecule has 0 spiro atoms. The first-order chi connectivity index (χ1) is 12.8. The monoisotopic (exact) mass is 379 g/mol. The molecule has 0 heterocycles. The second-order valence-electron chi connectivity index (χ2n) is 7.81. The van der Waals surface area contributed by atoms with Gasteiger partial charge in [0.05, 0.1) is 19.8 Å². The van der Waals surface area contributed by atoms with Crippen LogP contribution >= 0.6 is 0 Å². The third-order valence-electron chi connectivity index (χ3n) is 4.80. The van der Waals surface area contributed by atoms with Crippen molar-refractivity contribution in [2.75, 3.05) is 38.9 Å². The van der Waals surface area contributed by atoms with Crippen molar-refractivity contribution in [3.05, 3.63) is 24.3 Å². The van der Waals surface area contributed by atoms with Crippen LogP contribution in [-0.4, -0.2) is 39.4 Å². The third kappa shape index (κ3) is 9.25. The van der Waals surface area contributed by atoms with E-state index in [0.717, 1.165) is 17.9 Å². The second-order valence-corrected chi connectivity index (χ2v) is 7.81. The summed E-state index contributed by atoms with van der Waals surface area (Å²) in [6, 6.07) is 7.50. The molecule has 0 aliphatic carbocycles. The van der Waals surface area contributed by atoms with Gasteiger partial charge < -0.3 is 19.5 Å². The minimum atomic E-state index is 0.0187. The Morgan fingerprint density at radius 1 is 0.963 bits per heavy atom. The summed E-state index contributed by atoms with van der Waals surface area (Å²) >= 11 is 0. The van der Waals surface area contributed by atoms with Crippen LogP contribution in [0.1, 0.15) is 41.0 Å². The van der Waals surface area contributed by atoms with Crippen LogP contribution in [0.5, 0.6) is 5.75 Å². The van der Waals surface area contributed by atoms with E-state index in [9.17, 15) is 4.79 Å². The Bertz CT molecular complexity index is 528. The molecule has 154 valence electrons. The van der Waals surface area contributed by atoms with Crippen molar-refractivity contribution in [3.63, 3.8) is 0 Å². The summed E-state index contributed by atoms with van der Waals surface area (Å²) in [5, 5.41) is 3.07. The molecule has 0 bridgehead atoms. The highest BCUT2D eigenvalue weighted by atomic mass is 16.5. The molecule has 1 amide bonds. The van der Waals surface area contributed by atoms with Crippen LogP contribution in [0.4, 0.5) is 5.69 Å². The summed E-state index contributed by atoms with van der Waals surface area (Å²) in [6.07, 6.45) is 0.898. The van der Waals surface area contributed by atoms with E-state index in [4.69, 9.17) is 14.2 Å². The average molecular weight is 380 g/mol. The maximum atomic E-state index is 12.8. The van der Waals surface area contributed by atoms with E-state index >= 15 is 0 Å². The lowest BCUT2D eigenvalue weighted by Crippen LogP contribution is -2.31. The van der Waals surface area contributed by atoms with Crippen LogP contribution in [-0.2, 0) is 14.3 Å². The molecule has 27 heavy (non-hydrogen) atoms. The number of amides is 1. The van der Waals surface area contributed by atoms with Crippen LogP contribution in [0.25, 0.3) is 0 Å². The van der Waals surface area contributed by atoms with Crippen molar-refractivity contribution in [2.45, 2.75) is 41.0 Å². The summed E-state index contributed by atoms with van der Waals surface area (Å²) in [5.74, 6) is 2.19. The second kappa shape index (κ2) is 12.7. The van der Waals surface area contributed by atoms with Crippen LogP contribution in [0.3, 0.4) is 0 Å². The van der Waals surface area contributed by atoms with E-state index < -0.39 is 0 Å². The van der Waals surface area contributed by atoms with E-state index in [-0.39, 0.29) is 11.8 Å². The molecule has 0 aliphatic heterocycles. The number of rotatable bonds is 13. The van der Waals surface area contributed by atoms with Crippen LogP contribution in [0, 0.1) is 23.7 Å². The normalized spacial score (nSPS) is 13.6. The molecule has 0 saturated heterocycles. The van der Waals surface area contributed by atoms with Gasteiger partial charge in [0.1, 0.15) is 12.4 Å². The lowest BCUT2D eigenvalue weighted by atomic mass is 9.79. The van der Waals surface area contributed by atoms with Gasteiger partial charge in [0, 0.05) is 18.7 Å². The van der Waals surface area contributed by atoms with Crippen molar-refractivity contribution in [1.82, 2.24) is 0 Å². The van der Waals surface area contributed by atoms with Gasteiger partial charge in [-0.05, 0) is 48.4 Å². The van der Waals surface area contributed by atoms with E-state index in [1.165, 1.54) is 0 Å². The molecular formula is C22H37NO4. The van der Waals surface area contributed by atoms with Gasteiger partial charge in [0.2, 0.25) is 5.91 Å². The van der Waals surface area contributed by atoms with Gasteiger partial charge in [-0.1, -0.05) is 34.6 Å². The lowest BCUT2D eigenvalue weighted by Gasteiger charge is -2.27. The fourth-order valence-corrected chi connectivity index (χ4v) is 2.87. The minimum Gasteiger partial charge on any atom is -0.491 e. The van der Waals surface area contributed by atoms with E-state index in [0.29, 0.717) is 44.2 Å². The number of hydrogen-bond donors (Lipinski definition) is 1. The Kier molecular flexibility index (Phi) is 11.1.